The molecule has 0 bridgehead atoms. The second-order valence-electron chi connectivity index (χ2n) is 3.58. The summed E-state index contributed by atoms with van der Waals surface area (Å²) >= 11 is 5.52. The number of thioether (sulfide) groups is 3. The standard InChI is InChI=1S/C9H16O2S3/c1-9(8(10)11)6-13-4-2-12-3-5-14-7-9/h2-7H2,1H3,(H,10,11). The first-order chi connectivity index (χ1) is 6.65. The van der Waals surface area contributed by atoms with Gasteiger partial charge in [0.2, 0.25) is 0 Å². The molecular formula is C9H16O2S3. The van der Waals surface area contributed by atoms with Gasteiger partial charge in [-0.2, -0.15) is 35.3 Å². The molecule has 0 atom stereocenters. The van der Waals surface area contributed by atoms with Crippen LogP contribution < -0.4 is 0 Å². The SMILES string of the molecule is CC1(C(=O)O)CSCCSCCSC1. The molecule has 0 amide bonds. The molecule has 0 aromatic rings. The molecule has 1 aliphatic rings. The van der Waals surface area contributed by atoms with Gasteiger partial charge in [0.1, 0.15) is 0 Å². The first-order valence-corrected chi connectivity index (χ1v) is 8.08. The van der Waals surface area contributed by atoms with Gasteiger partial charge >= 0.3 is 5.97 Å². The number of carbonyl (C=O) groups is 1. The van der Waals surface area contributed by atoms with Crippen LogP contribution in [0.15, 0.2) is 0 Å². The van der Waals surface area contributed by atoms with Gasteiger partial charge in [0.25, 0.3) is 0 Å². The van der Waals surface area contributed by atoms with E-state index in [-0.39, 0.29) is 0 Å². The lowest BCUT2D eigenvalue weighted by molar-refractivity contribution is -0.145. The van der Waals surface area contributed by atoms with E-state index in [1.807, 2.05) is 18.7 Å². The highest BCUT2D eigenvalue weighted by atomic mass is 32.2. The summed E-state index contributed by atoms with van der Waals surface area (Å²) in [7, 11) is 0. The summed E-state index contributed by atoms with van der Waals surface area (Å²) in [5.41, 5.74) is -0.530. The Bertz CT molecular complexity index is 186. The number of carboxylic acid groups (broad SMARTS) is 1. The van der Waals surface area contributed by atoms with Crippen LogP contribution in [0.5, 0.6) is 0 Å². The Morgan fingerprint density at radius 1 is 1.07 bits per heavy atom. The molecule has 1 aliphatic heterocycles. The maximum atomic E-state index is 11.1. The maximum absolute atomic E-state index is 11.1. The lowest BCUT2D eigenvalue weighted by atomic mass is 9.97. The Labute approximate surface area is 98.0 Å². The van der Waals surface area contributed by atoms with Gasteiger partial charge in [-0.15, -0.1) is 0 Å². The van der Waals surface area contributed by atoms with Crippen LogP contribution in [0, 0.1) is 5.41 Å². The zero-order chi connectivity index (χ0) is 10.4. The van der Waals surface area contributed by atoms with E-state index in [0.717, 1.165) is 34.5 Å². The van der Waals surface area contributed by atoms with E-state index in [4.69, 9.17) is 5.11 Å². The van der Waals surface area contributed by atoms with Gasteiger partial charge in [-0.05, 0) is 6.92 Å². The molecule has 0 radical (unpaired) electrons. The highest BCUT2D eigenvalue weighted by Crippen LogP contribution is 2.29. The van der Waals surface area contributed by atoms with Crippen molar-refractivity contribution in [2.45, 2.75) is 6.92 Å². The molecule has 0 unspecified atom stereocenters. The largest absolute Gasteiger partial charge is 0.481 e. The zero-order valence-electron chi connectivity index (χ0n) is 8.32. The smallest absolute Gasteiger partial charge is 0.311 e. The topological polar surface area (TPSA) is 37.3 Å². The average Bonchev–Trinajstić information content (AvgIpc) is 2.16. The minimum atomic E-state index is -0.647. The lowest BCUT2D eigenvalue weighted by Crippen LogP contribution is -2.33. The predicted molar refractivity (Wildman–Crippen MR) is 67.7 cm³/mol. The van der Waals surface area contributed by atoms with E-state index < -0.39 is 11.4 Å². The molecule has 0 saturated carbocycles. The van der Waals surface area contributed by atoms with Crippen LogP contribution in [0.25, 0.3) is 0 Å². The summed E-state index contributed by atoms with van der Waals surface area (Å²) < 4.78 is 0. The van der Waals surface area contributed by atoms with Crippen molar-refractivity contribution in [2.75, 3.05) is 34.5 Å². The molecule has 14 heavy (non-hydrogen) atoms. The molecule has 0 spiro atoms. The van der Waals surface area contributed by atoms with E-state index >= 15 is 0 Å². The quantitative estimate of drug-likeness (QED) is 0.775. The monoisotopic (exact) mass is 252 g/mol. The fraction of sp³-hybridized carbons (Fsp3) is 0.889. The molecule has 0 aromatic heterocycles. The Morgan fingerprint density at radius 2 is 1.50 bits per heavy atom. The molecule has 0 aromatic carbocycles. The van der Waals surface area contributed by atoms with Crippen molar-refractivity contribution in [2.24, 2.45) is 5.41 Å². The first-order valence-electron chi connectivity index (χ1n) is 4.62. The molecule has 82 valence electrons. The van der Waals surface area contributed by atoms with Crippen LogP contribution in [0.4, 0.5) is 0 Å². The van der Waals surface area contributed by atoms with E-state index in [1.54, 1.807) is 23.5 Å². The predicted octanol–water partition coefficient (Wildman–Crippen LogP) is 2.29. The summed E-state index contributed by atoms with van der Waals surface area (Å²) in [6, 6.07) is 0. The average molecular weight is 252 g/mol. The van der Waals surface area contributed by atoms with E-state index in [1.165, 1.54) is 0 Å². The molecule has 1 N–H and O–H groups in total. The fourth-order valence-corrected chi connectivity index (χ4v) is 4.96. The van der Waals surface area contributed by atoms with Gasteiger partial charge in [-0.1, -0.05) is 0 Å². The number of rotatable bonds is 1. The summed E-state index contributed by atoms with van der Waals surface area (Å²) in [6.07, 6.45) is 0. The number of carboxylic acids is 1. The number of aliphatic carboxylic acids is 1. The van der Waals surface area contributed by atoms with Gasteiger partial charge in [0.05, 0.1) is 5.41 Å². The maximum Gasteiger partial charge on any atom is 0.311 e. The molecule has 5 heteroatoms. The van der Waals surface area contributed by atoms with Crippen molar-refractivity contribution in [3.8, 4) is 0 Å². The summed E-state index contributed by atoms with van der Waals surface area (Å²) in [6.45, 7) is 1.87. The molecule has 1 fully saturated rings. The Hall–Kier alpha value is 0.520. The Balaban J connectivity index is 2.49. The van der Waals surface area contributed by atoms with Crippen molar-refractivity contribution in [3.63, 3.8) is 0 Å². The van der Waals surface area contributed by atoms with Crippen LogP contribution in [0.3, 0.4) is 0 Å². The van der Waals surface area contributed by atoms with Gasteiger partial charge in [0.15, 0.2) is 0 Å². The van der Waals surface area contributed by atoms with Crippen LogP contribution in [-0.2, 0) is 4.79 Å². The first kappa shape index (κ1) is 12.6. The molecule has 2 nitrogen and oxygen atoms in total. The number of hydrogen-bond donors (Lipinski definition) is 1. The number of hydrogen-bond acceptors (Lipinski definition) is 4. The minimum absolute atomic E-state index is 0.530. The lowest BCUT2D eigenvalue weighted by Gasteiger charge is -2.24. The second-order valence-corrected chi connectivity index (χ2v) is 7.02. The van der Waals surface area contributed by atoms with Crippen LogP contribution in [-0.4, -0.2) is 45.6 Å². The van der Waals surface area contributed by atoms with Crippen molar-refractivity contribution in [3.05, 3.63) is 0 Å². The van der Waals surface area contributed by atoms with Gasteiger partial charge in [-0.3, -0.25) is 4.79 Å². The molecule has 1 heterocycles. The molecule has 1 rings (SSSR count). The fourth-order valence-electron chi connectivity index (χ4n) is 1.10. The Morgan fingerprint density at radius 3 is 1.93 bits per heavy atom. The summed E-state index contributed by atoms with van der Waals surface area (Å²) in [5.74, 6) is 5.31. The van der Waals surface area contributed by atoms with E-state index in [2.05, 4.69) is 0 Å². The summed E-state index contributed by atoms with van der Waals surface area (Å²) in [4.78, 5) is 11.1. The third-order valence-electron chi connectivity index (χ3n) is 2.10. The molecule has 1 saturated heterocycles. The normalized spacial score (nSPS) is 24.1. The van der Waals surface area contributed by atoms with Crippen molar-refractivity contribution < 1.29 is 9.90 Å². The van der Waals surface area contributed by atoms with Gasteiger partial charge in [0, 0.05) is 34.5 Å². The Kier molecular flexibility index (Phi) is 5.56. The highest BCUT2D eigenvalue weighted by Gasteiger charge is 2.32. The third kappa shape index (κ3) is 3.95. The third-order valence-corrected chi connectivity index (χ3v) is 6.27. The van der Waals surface area contributed by atoms with Crippen molar-refractivity contribution in [1.29, 1.82) is 0 Å². The van der Waals surface area contributed by atoms with Crippen LogP contribution >= 0.6 is 35.3 Å². The second kappa shape index (κ2) is 6.18. The highest BCUT2D eigenvalue weighted by molar-refractivity contribution is 8.04. The minimum Gasteiger partial charge on any atom is -0.481 e. The zero-order valence-corrected chi connectivity index (χ0v) is 10.8. The van der Waals surface area contributed by atoms with E-state index in [0.29, 0.717) is 0 Å². The molecule has 0 aliphatic carbocycles. The van der Waals surface area contributed by atoms with E-state index in [9.17, 15) is 4.79 Å². The van der Waals surface area contributed by atoms with Gasteiger partial charge < -0.3 is 5.11 Å². The summed E-state index contributed by atoms with van der Waals surface area (Å²) in [5, 5.41) is 9.14. The molecular weight excluding hydrogens is 236 g/mol. The van der Waals surface area contributed by atoms with Crippen molar-refractivity contribution in [1.82, 2.24) is 0 Å². The van der Waals surface area contributed by atoms with Crippen molar-refractivity contribution >= 4 is 41.3 Å². The van der Waals surface area contributed by atoms with Crippen LogP contribution in [0.1, 0.15) is 6.92 Å². The van der Waals surface area contributed by atoms with Crippen LogP contribution in [0.2, 0.25) is 0 Å². The van der Waals surface area contributed by atoms with Gasteiger partial charge in [-0.25, -0.2) is 0 Å².